The summed E-state index contributed by atoms with van der Waals surface area (Å²) in [4.78, 5) is 11.6. The van der Waals surface area contributed by atoms with Crippen molar-refractivity contribution in [3.8, 4) is 0 Å². The Kier molecular flexibility index (Phi) is 2.98. The van der Waals surface area contributed by atoms with Gasteiger partial charge in [0.1, 0.15) is 11.6 Å². The van der Waals surface area contributed by atoms with Crippen LogP contribution in [0.25, 0.3) is 10.8 Å². The molecule has 0 unspecified atom stereocenters. The number of aromatic nitrogens is 3. The molecule has 0 spiro atoms. The fraction of sp³-hybridized carbons (Fsp3) is 0.0769. The first kappa shape index (κ1) is 11.2. The van der Waals surface area contributed by atoms with Crippen LogP contribution in [0.4, 0.5) is 5.82 Å². The number of anilines is 1. The molecule has 3 rings (SSSR count). The van der Waals surface area contributed by atoms with Gasteiger partial charge in [0.15, 0.2) is 0 Å². The van der Waals surface area contributed by atoms with Gasteiger partial charge in [0.2, 0.25) is 0 Å². The molecule has 0 saturated carbocycles. The van der Waals surface area contributed by atoms with Crippen molar-refractivity contribution >= 4 is 32.5 Å². The number of nitrogens with one attached hydrogen (secondary N) is 2. The Morgan fingerprint density at radius 1 is 1.11 bits per heavy atom. The van der Waals surface area contributed by atoms with Crippen molar-refractivity contribution in [1.82, 2.24) is 15.0 Å². The summed E-state index contributed by atoms with van der Waals surface area (Å²) in [5.41, 5.74) is 0. The maximum absolute atomic E-state index is 4.37. The third-order valence-electron chi connectivity index (χ3n) is 2.73. The minimum atomic E-state index is 0.631. The summed E-state index contributed by atoms with van der Waals surface area (Å²) in [5, 5.41) is 5.53. The van der Waals surface area contributed by atoms with Gasteiger partial charge in [-0.1, -0.05) is 28.1 Å². The van der Waals surface area contributed by atoms with Crippen LogP contribution in [0.2, 0.25) is 0 Å². The molecule has 3 aromatic rings. The fourth-order valence-corrected chi connectivity index (χ4v) is 2.37. The van der Waals surface area contributed by atoms with E-state index in [-0.39, 0.29) is 0 Å². The number of nitrogens with zero attached hydrogens (tertiary/aromatic N) is 2. The summed E-state index contributed by atoms with van der Waals surface area (Å²) in [5.74, 6) is 1.76. The lowest BCUT2D eigenvalue weighted by atomic mass is 10.1. The van der Waals surface area contributed by atoms with Crippen molar-refractivity contribution in [2.45, 2.75) is 6.54 Å². The molecule has 0 aliphatic rings. The molecule has 0 fully saturated rings. The molecule has 90 valence electrons. The van der Waals surface area contributed by atoms with E-state index in [1.165, 1.54) is 0 Å². The van der Waals surface area contributed by atoms with Gasteiger partial charge < -0.3 is 10.3 Å². The Labute approximate surface area is 113 Å². The molecular formula is C13H11BrN4. The van der Waals surface area contributed by atoms with Crippen LogP contribution in [-0.2, 0) is 6.54 Å². The summed E-state index contributed by atoms with van der Waals surface area (Å²) in [6.45, 7) is 0.631. The number of hydrogen-bond acceptors (Lipinski definition) is 3. The van der Waals surface area contributed by atoms with Crippen molar-refractivity contribution in [3.63, 3.8) is 0 Å². The van der Waals surface area contributed by atoms with E-state index in [1.54, 1.807) is 12.4 Å². The van der Waals surface area contributed by atoms with Crippen molar-refractivity contribution < 1.29 is 0 Å². The molecule has 5 heteroatoms. The fourth-order valence-electron chi connectivity index (χ4n) is 1.87. The van der Waals surface area contributed by atoms with Gasteiger partial charge in [0.05, 0.1) is 6.54 Å². The first-order chi connectivity index (χ1) is 8.84. The second-order valence-electron chi connectivity index (χ2n) is 3.88. The third-order valence-corrected chi connectivity index (χ3v) is 3.42. The van der Waals surface area contributed by atoms with Crippen LogP contribution in [0.5, 0.6) is 0 Å². The topological polar surface area (TPSA) is 53.6 Å². The molecule has 0 radical (unpaired) electrons. The van der Waals surface area contributed by atoms with Gasteiger partial charge in [-0.05, 0) is 12.1 Å². The van der Waals surface area contributed by atoms with Crippen LogP contribution in [-0.4, -0.2) is 15.0 Å². The van der Waals surface area contributed by atoms with E-state index >= 15 is 0 Å². The van der Waals surface area contributed by atoms with Gasteiger partial charge in [-0.15, -0.1) is 0 Å². The highest BCUT2D eigenvalue weighted by molar-refractivity contribution is 9.10. The zero-order valence-corrected chi connectivity index (χ0v) is 11.1. The number of imidazole rings is 1. The average Bonchev–Trinajstić information content (AvgIpc) is 2.90. The zero-order chi connectivity index (χ0) is 12.4. The molecule has 2 aromatic heterocycles. The number of H-pyrrole nitrogens is 1. The number of benzene rings is 1. The molecule has 0 atom stereocenters. The standard InChI is InChI=1S/C13H11BrN4/c14-11-3-1-2-10-9(11)4-5-17-13(10)18-8-12-15-6-7-16-12/h1-7H,8H2,(H,15,16)(H,17,18). The highest BCUT2D eigenvalue weighted by Gasteiger charge is 2.04. The summed E-state index contributed by atoms with van der Waals surface area (Å²) < 4.78 is 1.07. The number of rotatable bonds is 3. The Morgan fingerprint density at radius 2 is 2.06 bits per heavy atom. The quantitative estimate of drug-likeness (QED) is 0.780. The van der Waals surface area contributed by atoms with Crippen molar-refractivity contribution in [2.75, 3.05) is 5.32 Å². The number of hydrogen-bond donors (Lipinski definition) is 2. The Morgan fingerprint density at radius 3 is 2.89 bits per heavy atom. The van der Waals surface area contributed by atoms with Gasteiger partial charge in [-0.25, -0.2) is 9.97 Å². The summed E-state index contributed by atoms with van der Waals surface area (Å²) in [7, 11) is 0. The molecule has 0 amide bonds. The minimum absolute atomic E-state index is 0.631. The zero-order valence-electron chi connectivity index (χ0n) is 9.52. The van der Waals surface area contributed by atoms with E-state index < -0.39 is 0 Å². The van der Waals surface area contributed by atoms with E-state index in [0.29, 0.717) is 6.54 Å². The first-order valence-electron chi connectivity index (χ1n) is 5.60. The molecule has 0 saturated heterocycles. The van der Waals surface area contributed by atoms with E-state index in [0.717, 1.165) is 26.9 Å². The van der Waals surface area contributed by atoms with Crippen LogP contribution in [0.3, 0.4) is 0 Å². The monoisotopic (exact) mass is 302 g/mol. The van der Waals surface area contributed by atoms with E-state index in [2.05, 4.69) is 42.3 Å². The minimum Gasteiger partial charge on any atom is -0.362 e. The van der Waals surface area contributed by atoms with Crippen LogP contribution < -0.4 is 5.32 Å². The van der Waals surface area contributed by atoms with Crippen LogP contribution in [0, 0.1) is 0 Å². The smallest absolute Gasteiger partial charge is 0.134 e. The molecular weight excluding hydrogens is 292 g/mol. The van der Waals surface area contributed by atoms with Crippen LogP contribution in [0.15, 0.2) is 47.3 Å². The van der Waals surface area contributed by atoms with E-state index in [9.17, 15) is 0 Å². The lowest BCUT2D eigenvalue weighted by Crippen LogP contribution is -2.03. The van der Waals surface area contributed by atoms with E-state index in [4.69, 9.17) is 0 Å². The summed E-state index contributed by atoms with van der Waals surface area (Å²) in [6.07, 6.45) is 5.35. The van der Waals surface area contributed by atoms with Gasteiger partial charge in [0, 0.05) is 33.8 Å². The van der Waals surface area contributed by atoms with Gasteiger partial charge in [0.25, 0.3) is 0 Å². The van der Waals surface area contributed by atoms with Gasteiger partial charge in [-0.3, -0.25) is 0 Å². The SMILES string of the molecule is Brc1cccc2c(NCc3ncc[nH]3)nccc12. The molecule has 1 aromatic carbocycles. The van der Waals surface area contributed by atoms with Crippen LogP contribution in [0.1, 0.15) is 5.82 Å². The van der Waals surface area contributed by atoms with Gasteiger partial charge >= 0.3 is 0 Å². The van der Waals surface area contributed by atoms with E-state index in [1.807, 2.05) is 24.4 Å². The summed E-state index contributed by atoms with van der Waals surface area (Å²) >= 11 is 3.55. The molecule has 0 bridgehead atoms. The highest BCUT2D eigenvalue weighted by atomic mass is 79.9. The highest BCUT2D eigenvalue weighted by Crippen LogP contribution is 2.27. The number of fused-ring (bicyclic) bond motifs is 1. The molecule has 4 nitrogen and oxygen atoms in total. The lowest BCUT2D eigenvalue weighted by Gasteiger charge is -2.08. The Hall–Kier alpha value is -1.88. The lowest BCUT2D eigenvalue weighted by molar-refractivity contribution is 0.991. The number of aromatic amines is 1. The second kappa shape index (κ2) is 4.78. The maximum atomic E-state index is 4.37. The Balaban J connectivity index is 1.94. The molecule has 2 N–H and O–H groups in total. The Bertz CT molecular complexity index is 664. The average molecular weight is 303 g/mol. The van der Waals surface area contributed by atoms with Crippen LogP contribution >= 0.6 is 15.9 Å². The maximum Gasteiger partial charge on any atom is 0.134 e. The third kappa shape index (κ3) is 2.09. The van der Waals surface area contributed by atoms with Crippen molar-refractivity contribution in [2.24, 2.45) is 0 Å². The van der Waals surface area contributed by atoms with Gasteiger partial charge in [-0.2, -0.15) is 0 Å². The second-order valence-corrected chi connectivity index (χ2v) is 4.74. The summed E-state index contributed by atoms with van der Waals surface area (Å²) in [6, 6.07) is 8.08. The normalized spacial score (nSPS) is 10.7. The molecule has 0 aliphatic heterocycles. The number of halogens is 1. The van der Waals surface area contributed by atoms with Crippen molar-refractivity contribution in [1.29, 1.82) is 0 Å². The molecule has 0 aliphatic carbocycles. The van der Waals surface area contributed by atoms with Crippen molar-refractivity contribution in [3.05, 3.63) is 53.2 Å². The molecule has 2 heterocycles. The largest absolute Gasteiger partial charge is 0.362 e. The predicted molar refractivity (Wildman–Crippen MR) is 75.4 cm³/mol. The predicted octanol–water partition coefficient (Wildman–Crippen LogP) is 3.33. The first-order valence-corrected chi connectivity index (χ1v) is 6.39. The number of pyridine rings is 1. The molecule has 18 heavy (non-hydrogen) atoms.